The number of alkyl carbamates (subject to hydrolysis) is 1. The van der Waals surface area contributed by atoms with Crippen LogP contribution in [-0.2, 0) is 4.74 Å². The van der Waals surface area contributed by atoms with E-state index in [0.29, 0.717) is 6.54 Å². The molecule has 1 amide bonds. The predicted molar refractivity (Wildman–Crippen MR) is 59.6 cm³/mol. The molecule has 4 heteroatoms. The van der Waals surface area contributed by atoms with Crippen molar-refractivity contribution in [1.82, 2.24) is 5.32 Å². The number of nitrogens with one attached hydrogen (secondary N) is 1. The summed E-state index contributed by atoms with van der Waals surface area (Å²) in [5.74, 6) is 0.723. The van der Waals surface area contributed by atoms with Crippen LogP contribution >= 0.6 is 0 Å². The third kappa shape index (κ3) is 5.62. The maximum Gasteiger partial charge on any atom is 0.407 e. The first-order valence-corrected chi connectivity index (χ1v) is 5.59. The Morgan fingerprint density at radius 3 is 2.53 bits per heavy atom. The topological polar surface area (TPSA) is 64.3 Å². The van der Waals surface area contributed by atoms with Crippen molar-refractivity contribution in [3.8, 4) is 0 Å². The lowest BCUT2D eigenvalue weighted by Gasteiger charge is -2.23. The van der Waals surface area contributed by atoms with E-state index in [1.807, 2.05) is 20.8 Å². The molecule has 1 rings (SSSR count). The number of carbonyl (C=O) groups is 1. The number of nitrogens with two attached hydrogens (primary N) is 1. The molecule has 3 N–H and O–H groups in total. The van der Waals surface area contributed by atoms with Crippen LogP contribution in [0.15, 0.2) is 0 Å². The maximum absolute atomic E-state index is 11.4. The first-order valence-electron chi connectivity index (χ1n) is 5.59. The van der Waals surface area contributed by atoms with Gasteiger partial charge in [-0.2, -0.15) is 0 Å². The summed E-state index contributed by atoms with van der Waals surface area (Å²) >= 11 is 0. The van der Waals surface area contributed by atoms with Crippen LogP contribution in [0.3, 0.4) is 0 Å². The van der Waals surface area contributed by atoms with E-state index in [9.17, 15) is 4.79 Å². The molecule has 1 aliphatic carbocycles. The predicted octanol–water partition coefficient (Wildman–Crippen LogP) is 1.64. The average Bonchev–Trinajstić information content (AvgIpc) is 2.83. The molecular formula is C11H22N2O2. The summed E-state index contributed by atoms with van der Waals surface area (Å²) in [6.07, 6.45) is 2.92. The zero-order chi connectivity index (χ0) is 11.5. The molecule has 1 atom stereocenters. The molecule has 0 aromatic carbocycles. The standard InChI is InChI=1S/C11H22N2O2/c1-11(2,3)13-10(14)15-9(7-12)6-8-4-5-8/h8-9H,4-7,12H2,1-3H3,(H,13,14)/t9-/m0/s1. The smallest absolute Gasteiger partial charge is 0.407 e. The molecule has 15 heavy (non-hydrogen) atoms. The van der Waals surface area contributed by atoms with E-state index in [4.69, 9.17) is 10.5 Å². The maximum atomic E-state index is 11.4. The number of amides is 1. The van der Waals surface area contributed by atoms with Gasteiger partial charge in [-0.05, 0) is 33.1 Å². The number of hydrogen-bond donors (Lipinski definition) is 2. The molecule has 0 heterocycles. The van der Waals surface area contributed by atoms with Gasteiger partial charge in [0.05, 0.1) is 0 Å². The summed E-state index contributed by atoms with van der Waals surface area (Å²) in [5, 5.41) is 2.76. The molecule has 88 valence electrons. The molecule has 0 bridgehead atoms. The Morgan fingerprint density at radius 2 is 2.13 bits per heavy atom. The van der Waals surface area contributed by atoms with E-state index in [1.165, 1.54) is 12.8 Å². The van der Waals surface area contributed by atoms with Gasteiger partial charge in [0, 0.05) is 12.1 Å². The van der Waals surface area contributed by atoms with Crippen LogP contribution in [0.1, 0.15) is 40.0 Å². The molecule has 1 aliphatic rings. The molecule has 0 aromatic rings. The number of ether oxygens (including phenoxy) is 1. The fourth-order valence-corrected chi connectivity index (χ4v) is 1.40. The second-order valence-electron chi connectivity index (χ2n) is 5.32. The van der Waals surface area contributed by atoms with E-state index in [-0.39, 0.29) is 17.7 Å². The van der Waals surface area contributed by atoms with Gasteiger partial charge >= 0.3 is 6.09 Å². The van der Waals surface area contributed by atoms with Crippen molar-refractivity contribution >= 4 is 6.09 Å². The van der Waals surface area contributed by atoms with Gasteiger partial charge in [-0.3, -0.25) is 0 Å². The van der Waals surface area contributed by atoms with Crippen molar-refractivity contribution in [2.45, 2.75) is 51.7 Å². The van der Waals surface area contributed by atoms with Crippen molar-refractivity contribution in [1.29, 1.82) is 0 Å². The Hall–Kier alpha value is -0.770. The Kier molecular flexibility index (Phi) is 3.97. The molecular weight excluding hydrogens is 192 g/mol. The van der Waals surface area contributed by atoms with E-state index in [2.05, 4.69) is 5.32 Å². The van der Waals surface area contributed by atoms with Gasteiger partial charge in [-0.1, -0.05) is 12.8 Å². The van der Waals surface area contributed by atoms with Crippen LogP contribution in [-0.4, -0.2) is 24.3 Å². The fraction of sp³-hybridized carbons (Fsp3) is 0.909. The van der Waals surface area contributed by atoms with E-state index < -0.39 is 0 Å². The number of carbonyl (C=O) groups excluding carboxylic acids is 1. The SMILES string of the molecule is CC(C)(C)NC(=O)O[C@H](CN)CC1CC1. The monoisotopic (exact) mass is 214 g/mol. The third-order valence-electron chi connectivity index (χ3n) is 2.31. The number of rotatable bonds is 4. The summed E-state index contributed by atoms with van der Waals surface area (Å²) in [7, 11) is 0. The largest absolute Gasteiger partial charge is 0.445 e. The van der Waals surface area contributed by atoms with Crippen LogP contribution in [0.2, 0.25) is 0 Å². The summed E-state index contributed by atoms with van der Waals surface area (Å²) in [5.41, 5.74) is 5.30. The van der Waals surface area contributed by atoms with Gasteiger partial charge < -0.3 is 15.8 Å². The van der Waals surface area contributed by atoms with Gasteiger partial charge in [0.2, 0.25) is 0 Å². The number of hydrogen-bond acceptors (Lipinski definition) is 3. The highest BCUT2D eigenvalue weighted by Gasteiger charge is 2.27. The van der Waals surface area contributed by atoms with Crippen LogP contribution in [0, 0.1) is 5.92 Å². The Balaban J connectivity index is 2.27. The highest BCUT2D eigenvalue weighted by atomic mass is 16.6. The van der Waals surface area contributed by atoms with Crippen molar-refractivity contribution < 1.29 is 9.53 Å². The molecule has 0 unspecified atom stereocenters. The van der Waals surface area contributed by atoms with Crippen LogP contribution in [0.5, 0.6) is 0 Å². The molecule has 0 aliphatic heterocycles. The van der Waals surface area contributed by atoms with Crippen molar-refractivity contribution in [2.24, 2.45) is 11.7 Å². The zero-order valence-electron chi connectivity index (χ0n) is 9.88. The Labute approximate surface area is 91.5 Å². The molecule has 0 spiro atoms. The first kappa shape index (κ1) is 12.3. The van der Waals surface area contributed by atoms with E-state index in [0.717, 1.165) is 12.3 Å². The van der Waals surface area contributed by atoms with Gasteiger partial charge in [0.15, 0.2) is 0 Å². The summed E-state index contributed by atoms with van der Waals surface area (Å²) in [6.45, 7) is 6.18. The highest BCUT2D eigenvalue weighted by molar-refractivity contribution is 5.68. The van der Waals surface area contributed by atoms with Crippen molar-refractivity contribution in [3.63, 3.8) is 0 Å². The van der Waals surface area contributed by atoms with Gasteiger partial charge in [-0.15, -0.1) is 0 Å². The van der Waals surface area contributed by atoms with Gasteiger partial charge in [0.25, 0.3) is 0 Å². The second-order valence-corrected chi connectivity index (χ2v) is 5.32. The normalized spacial score (nSPS) is 18.4. The zero-order valence-corrected chi connectivity index (χ0v) is 9.88. The van der Waals surface area contributed by atoms with Crippen LogP contribution in [0.25, 0.3) is 0 Å². The van der Waals surface area contributed by atoms with E-state index in [1.54, 1.807) is 0 Å². The minimum Gasteiger partial charge on any atom is -0.445 e. The fourth-order valence-electron chi connectivity index (χ4n) is 1.40. The quantitative estimate of drug-likeness (QED) is 0.747. The van der Waals surface area contributed by atoms with Crippen molar-refractivity contribution in [2.75, 3.05) is 6.54 Å². The molecule has 1 fully saturated rings. The molecule has 1 saturated carbocycles. The summed E-state index contributed by atoms with van der Waals surface area (Å²) < 4.78 is 5.25. The Morgan fingerprint density at radius 1 is 1.53 bits per heavy atom. The average molecular weight is 214 g/mol. The molecule has 0 saturated heterocycles. The van der Waals surface area contributed by atoms with Gasteiger partial charge in [0.1, 0.15) is 6.10 Å². The lowest BCUT2D eigenvalue weighted by molar-refractivity contribution is 0.0876. The van der Waals surface area contributed by atoms with Crippen LogP contribution in [0.4, 0.5) is 4.79 Å². The molecule has 4 nitrogen and oxygen atoms in total. The lowest BCUT2D eigenvalue weighted by atomic mass is 10.1. The summed E-state index contributed by atoms with van der Waals surface area (Å²) in [6, 6.07) is 0. The van der Waals surface area contributed by atoms with E-state index >= 15 is 0 Å². The summed E-state index contributed by atoms with van der Waals surface area (Å²) in [4.78, 5) is 11.4. The minimum absolute atomic E-state index is 0.125. The first-order chi connectivity index (χ1) is 6.90. The third-order valence-corrected chi connectivity index (χ3v) is 2.31. The molecule has 0 radical (unpaired) electrons. The van der Waals surface area contributed by atoms with Crippen molar-refractivity contribution in [3.05, 3.63) is 0 Å². The highest BCUT2D eigenvalue weighted by Crippen LogP contribution is 2.34. The minimum atomic E-state index is -0.362. The molecule has 0 aromatic heterocycles. The van der Waals surface area contributed by atoms with Crippen LogP contribution < -0.4 is 11.1 Å². The lowest BCUT2D eigenvalue weighted by Crippen LogP contribution is -2.43. The Bertz CT molecular complexity index is 219. The second kappa shape index (κ2) is 4.84. The van der Waals surface area contributed by atoms with Gasteiger partial charge in [-0.25, -0.2) is 4.79 Å².